The molecule has 218 valence electrons. The summed E-state index contributed by atoms with van der Waals surface area (Å²) in [6, 6.07) is 24.3. The molecule has 3 aromatic carbocycles. The molecule has 2 aromatic heterocycles. The molecule has 0 saturated carbocycles. The zero-order chi connectivity index (χ0) is 30.5. The van der Waals surface area contributed by atoms with Crippen LogP contribution in [0.3, 0.4) is 0 Å². The Kier molecular flexibility index (Phi) is 9.14. The number of hydrogen-bond donors (Lipinski definition) is 1. The van der Waals surface area contributed by atoms with Crippen LogP contribution in [0.4, 0.5) is 0 Å². The molecule has 0 spiro atoms. The lowest BCUT2D eigenvalue weighted by Crippen LogP contribution is -2.22. The van der Waals surface area contributed by atoms with Gasteiger partial charge in [-0.05, 0) is 67.1 Å². The highest BCUT2D eigenvalue weighted by atomic mass is 35.5. The molecule has 0 saturated heterocycles. The van der Waals surface area contributed by atoms with Gasteiger partial charge in [0.2, 0.25) is 5.91 Å². The van der Waals surface area contributed by atoms with Crippen LogP contribution in [0.5, 0.6) is 5.75 Å². The fraction of sp³-hybridized carbons (Fsp3) is 0.147. The van der Waals surface area contributed by atoms with E-state index >= 15 is 0 Å². The van der Waals surface area contributed by atoms with Gasteiger partial charge in [0, 0.05) is 59.3 Å². The van der Waals surface area contributed by atoms with Crippen molar-refractivity contribution in [2.45, 2.75) is 20.1 Å². The predicted octanol–water partition coefficient (Wildman–Crippen LogP) is 7.25. The number of hydrogen-bond acceptors (Lipinski definition) is 4. The third-order valence-electron chi connectivity index (χ3n) is 6.89. The van der Waals surface area contributed by atoms with Gasteiger partial charge in [-0.1, -0.05) is 53.5 Å². The summed E-state index contributed by atoms with van der Waals surface area (Å²) in [5.41, 5.74) is 5.27. The van der Waals surface area contributed by atoms with Crippen LogP contribution in [0.25, 0.3) is 22.7 Å². The molecule has 5 aromatic rings. The molecule has 0 aliphatic heterocycles. The van der Waals surface area contributed by atoms with E-state index in [0.717, 1.165) is 27.9 Å². The number of para-hydroxylation sites is 1. The highest BCUT2D eigenvalue weighted by Crippen LogP contribution is 2.33. The van der Waals surface area contributed by atoms with Gasteiger partial charge in [0.1, 0.15) is 17.9 Å². The Labute approximate surface area is 260 Å². The molecule has 0 atom stereocenters. The number of nitrogens with zero attached hydrogens (tertiary/aromatic N) is 3. The minimum absolute atomic E-state index is 0.0751. The Morgan fingerprint density at radius 1 is 0.977 bits per heavy atom. The third-order valence-corrected chi connectivity index (χ3v) is 7.66. The van der Waals surface area contributed by atoms with Gasteiger partial charge < -0.3 is 19.5 Å². The number of carbonyl (C=O) groups is 2. The number of benzene rings is 3. The molecule has 9 heteroatoms. The Hall–Kier alpha value is -4.59. The zero-order valence-electron chi connectivity index (χ0n) is 24.0. The van der Waals surface area contributed by atoms with Gasteiger partial charge in [0.15, 0.2) is 0 Å². The van der Waals surface area contributed by atoms with Crippen molar-refractivity contribution in [2.75, 3.05) is 14.1 Å². The molecule has 2 heterocycles. The number of fused-ring (bicyclic) bond motifs is 1. The molecule has 0 aliphatic carbocycles. The number of pyridine rings is 1. The van der Waals surface area contributed by atoms with E-state index in [2.05, 4.69) is 10.3 Å². The van der Waals surface area contributed by atoms with Crippen molar-refractivity contribution in [3.8, 4) is 11.4 Å². The lowest BCUT2D eigenvalue weighted by Gasteiger charge is -2.16. The van der Waals surface area contributed by atoms with Crippen LogP contribution in [0, 0.1) is 6.92 Å². The number of rotatable bonds is 9. The molecular formula is C34H30Cl2N4O3. The molecule has 2 amide bonds. The third kappa shape index (κ3) is 6.91. The molecule has 1 N–H and O–H groups in total. The van der Waals surface area contributed by atoms with Crippen molar-refractivity contribution in [1.82, 2.24) is 19.8 Å². The first-order chi connectivity index (χ1) is 20.7. The van der Waals surface area contributed by atoms with E-state index in [9.17, 15) is 9.59 Å². The maximum absolute atomic E-state index is 12.6. The number of ether oxygens (including phenoxy) is 1. The maximum atomic E-state index is 12.6. The molecule has 5 rings (SSSR count). The van der Waals surface area contributed by atoms with E-state index in [4.69, 9.17) is 27.9 Å². The van der Waals surface area contributed by atoms with Crippen LogP contribution in [-0.4, -0.2) is 40.4 Å². The van der Waals surface area contributed by atoms with Gasteiger partial charge in [-0.2, -0.15) is 0 Å². The average molecular weight is 614 g/mol. The van der Waals surface area contributed by atoms with E-state index in [1.165, 1.54) is 11.0 Å². The Morgan fingerprint density at radius 3 is 2.53 bits per heavy atom. The largest absolute Gasteiger partial charge is 0.487 e. The summed E-state index contributed by atoms with van der Waals surface area (Å²) >= 11 is 13.5. The van der Waals surface area contributed by atoms with Crippen LogP contribution >= 0.6 is 23.2 Å². The van der Waals surface area contributed by atoms with Crippen LogP contribution in [0.1, 0.15) is 32.9 Å². The summed E-state index contributed by atoms with van der Waals surface area (Å²) in [6.45, 7) is 2.37. The number of aryl methyl sites for hydroxylation is 1. The summed E-state index contributed by atoms with van der Waals surface area (Å²) < 4.78 is 8.08. The normalized spacial score (nSPS) is 11.2. The maximum Gasteiger partial charge on any atom is 0.253 e. The molecule has 0 fully saturated rings. The lowest BCUT2D eigenvalue weighted by atomic mass is 10.1. The van der Waals surface area contributed by atoms with E-state index < -0.39 is 0 Å². The minimum atomic E-state index is -0.253. The van der Waals surface area contributed by atoms with E-state index in [-0.39, 0.29) is 25.0 Å². The first-order valence-electron chi connectivity index (χ1n) is 13.6. The predicted molar refractivity (Wildman–Crippen MR) is 172 cm³/mol. The minimum Gasteiger partial charge on any atom is -0.487 e. The fourth-order valence-electron chi connectivity index (χ4n) is 4.59. The van der Waals surface area contributed by atoms with Crippen LogP contribution in [-0.2, 0) is 17.9 Å². The van der Waals surface area contributed by atoms with Crippen molar-refractivity contribution >= 4 is 52.0 Å². The highest BCUT2D eigenvalue weighted by Gasteiger charge is 2.16. The van der Waals surface area contributed by atoms with Crippen LogP contribution in [0.15, 0.2) is 91.1 Å². The molecule has 0 bridgehead atoms. The summed E-state index contributed by atoms with van der Waals surface area (Å²) in [6.07, 6.45) is 5.04. The number of nitrogens with one attached hydrogen (secondary N) is 1. The van der Waals surface area contributed by atoms with Crippen molar-refractivity contribution in [3.05, 3.63) is 129 Å². The Balaban J connectivity index is 1.27. The van der Waals surface area contributed by atoms with Gasteiger partial charge in [0.05, 0.1) is 17.3 Å². The van der Waals surface area contributed by atoms with E-state index in [1.54, 1.807) is 50.5 Å². The van der Waals surface area contributed by atoms with Crippen LogP contribution < -0.4 is 10.1 Å². The molecule has 7 nitrogen and oxygen atoms in total. The van der Waals surface area contributed by atoms with E-state index in [0.29, 0.717) is 32.6 Å². The Morgan fingerprint density at radius 2 is 1.77 bits per heavy atom. The lowest BCUT2D eigenvalue weighted by molar-refractivity contribution is -0.116. The quantitative estimate of drug-likeness (QED) is 0.178. The van der Waals surface area contributed by atoms with E-state index in [1.807, 2.05) is 66.2 Å². The van der Waals surface area contributed by atoms with Crippen molar-refractivity contribution in [3.63, 3.8) is 0 Å². The summed E-state index contributed by atoms with van der Waals surface area (Å²) in [7, 11) is 3.41. The number of halogens is 2. The fourth-order valence-corrected chi connectivity index (χ4v) is 5.16. The van der Waals surface area contributed by atoms with Crippen molar-refractivity contribution in [2.24, 2.45) is 0 Å². The van der Waals surface area contributed by atoms with Gasteiger partial charge in [-0.25, -0.2) is 4.98 Å². The van der Waals surface area contributed by atoms with Gasteiger partial charge >= 0.3 is 0 Å². The second-order valence-electron chi connectivity index (χ2n) is 10.2. The molecule has 0 radical (unpaired) electrons. The summed E-state index contributed by atoms with van der Waals surface area (Å²) in [4.78, 5) is 30.8. The number of carbonyl (C=O) groups excluding carboxylic acids is 2. The van der Waals surface area contributed by atoms with Gasteiger partial charge in [0.25, 0.3) is 5.91 Å². The number of amides is 2. The number of aromatic nitrogens is 2. The topological polar surface area (TPSA) is 76.5 Å². The SMILES string of the molecule is Cc1ccc2cccc(OCc3c(Cl)ccc(-n4cccc4CNC(=O)/C=C/c4ccc(C(=O)N(C)C)cc4)c3Cl)c2n1. The highest BCUT2D eigenvalue weighted by molar-refractivity contribution is 6.37. The second-order valence-corrected chi connectivity index (χ2v) is 11.0. The van der Waals surface area contributed by atoms with Crippen molar-refractivity contribution in [1.29, 1.82) is 0 Å². The van der Waals surface area contributed by atoms with Crippen LogP contribution in [0.2, 0.25) is 10.0 Å². The molecule has 43 heavy (non-hydrogen) atoms. The smallest absolute Gasteiger partial charge is 0.253 e. The Bertz CT molecular complexity index is 1830. The summed E-state index contributed by atoms with van der Waals surface area (Å²) in [5, 5.41) is 4.84. The first kappa shape index (κ1) is 29.9. The van der Waals surface area contributed by atoms with Gasteiger partial charge in [-0.3, -0.25) is 9.59 Å². The average Bonchev–Trinajstić information content (AvgIpc) is 3.47. The second kappa shape index (κ2) is 13.2. The first-order valence-corrected chi connectivity index (χ1v) is 14.4. The van der Waals surface area contributed by atoms with Gasteiger partial charge in [-0.15, -0.1) is 0 Å². The van der Waals surface area contributed by atoms with Crippen molar-refractivity contribution < 1.29 is 14.3 Å². The zero-order valence-corrected chi connectivity index (χ0v) is 25.5. The monoisotopic (exact) mass is 612 g/mol. The standard InChI is InChI=1S/C34H30Cl2N4O3/c1-22-9-13-24-6-4-8-30(33(24)38-22)43-21-27-28(35)16-17-29(32(27)36)40-19-5-7-26(40)20-37-31(41)18-12-23-10-14-25(15-11-23)34(42)39(2)3/h4-19H,20-21H2,1-3H3,(H,37,41)/b18-12+. The molecular weight excluding hydrogens is 583 g/mol. The summed E-state index contributed by atoms with van der Waals surface area (Å²) in [5.74, 6) is 0.319. The molecule has 0 unspecified atom stereocenters. The molecule has 0 aliphatic rings.